The van der Waals surface area contributed by atoms with Crippen LogP contribution in [0.4, 0.5) is 0 Å². The van der Waals surface area contributed by atoms with E-state index in [4.69, 9.17) is 4.74 Å². The van der Waals surface area contributed by atoms with Crippen molar-refractivity contribution in [3.8, 4) is 0 Å². The van der Waals surface area contributed by atoms with Crippen LogP contribution in [0.1, 0.15) is 41.6 Å². The van der Waals surface area contributed by atoms with Crippen LogP contribution in [0.5, 0.6) is 0 Å². The molecule has 2 N–H and O–H groups in total. The van der Waals surface area contributed by atoms with Crippen LogP contribution in [0.15, 0.2) is 54.6 Å². The first-order valence-electron chi connectivity index (χ1n) is 9.30. The van der Waals surface area contributed by atoms with Gasteiger partial charge in [-0.2, -0.15) is 0 Å². The molecule has 1 heterocycles. The predicted octanol–water partition coefficient (Wildman–Crippen LogP) is 3.45. The summed E-state index contributed by atoms with van der Waals surface area (Å²) in [6.07, 6.45) is 1.26. The molecular weight excluding hydrogens is 342 g/mol. The average Bonchev–Trinajstić information content (AvgIpc) is 2.69. The topological polar surface area (TPSA) is 75.6 Å². The number of carbonyl (C=O) groups is 2. The average molecular weight is 367 g/mol. The normalized spacial score (nSPS) is 20.6. The largest absolute Gasteiger partial charge is 0.481 e. The summed E-state index contributed by atoms with van der Waals surface area (Å²) in [5.41, 5.74) is 2.82. The van der Waals surface area contributed by atoms with Gasteiger partial charge in [-0.15, -0.1) is 0 Å². The highest BCUT2D eigenvalue weighted by atomic mass is 16.5. The maximum atomic E-state index is 12.8. The van der Waals surface area contributed by atoms with E-state index in [0.29, 0.717) is 12.2 Å². The summed E-state index contributed by atoms with van der Waals surface area (Å²) in [6.45, 7) is 2.71. The fraction of sp³-hybridized carbons (Fsp3) is 0.364. The molecular formula is C22H25NO4. The van der Waals surface area contributed by atoms with E-state index in [2.05, 4.69) is 5.32 Å². The number of nitrogens with one attached hydrogen (secondary N) is 1. The highest BCUT2D eigenvalue weighted by molar-refractivity contribution is 5.82. The monoisotopic (exact) mass is 367 g/mol. The van der Waals surface area contributed by atoms with Gasteiger partial charge in [-0.1, -0.05) is 60.2 Å². The molecule has 0 bridgehead atoms. The van der Waals surface area contributed by atoms with E-state index in [0.717, 1.165) is 24.0 Å². The third-order valence-corrected chi connectivity index (χ3v) is 5.05. The van der Waals surface area contributed by atoms with Gasteiger partial charge < -0.3 is 15.2 Å². The zero-order chi connectivity index (χ0) is 19.2. The number of benzene rings is 2. The van der Waals surface area contributed by atoms with Crippen molar-refractivity contribution < 1.29 is 19.4 Å². The van der Waals surface area contributed by atoms with Gasteiger partial charge in [0.2, 0.25) is 5.91 Å². The highest BCUT2D eigenvalue weighted by Crippen LogP contribution is 2.34. The molecule has 1 fully saturated rings. The van der Waals surface area contributed by atoms with Crippen LogP contribution in [0, 0.1) is 12.8 Å². The molecule has 27 heavy (non-hydrogen) atoms. The minimum absolute atomic E-state index is 0.0648. The zero-order valence-electron chi connectivity index (χ0n) is 15.4. The van der Waals surface area contributed by atoms with Crippen LogP contribution in [-0.2, 0) is 14.3 Å². The van der Waals surface area contributed by atoms with Crippen molar-refractivity contribution in [1.29, 1.82) is 0 Å². The second-order valence-corrected chi connectivity index (χ2v) is 7.00. The van der Waals surface area contributed by atoms with Gasteiger partial charge >= 0.3 is 5.97 Å². The predicted molar refractivity (Wildman–Crippen MR) is 102 cm³/mol. The number of carbonyl (C=O) groups excluding carboxylic acids is 1. The van der Waals surface area contributed by atoms with E-state index in [-0.39, 0.29) is 24.5 Å². The van der Waals surface area contributed by atoms with Crippen molar-refractivity contribution in [2.45, 2.75) is 31.8 Å². The first kappa shape index (κ1) is 19.1. The SMILES string of the molecule is Cc1ccc(C2OCCCC2C(=O)NCC(C(=O)O)c2ccccc2)cc1. The summed E-state index contributed by atoms with van der Waals surface area (Å²) in [7, 11) is 0. The summed E-state index contributed by atoms with van der Waals surface area (Å²) in [5, 5.41) is 12.4. The van der Waals surface area contributed by atoms with Crippen molar-refractivity contribution in [2.75, 3.05) is 13.2 Å². The van der Waals surface area contributed by atoms with E-state index in [9.17, 15) is 14.7 Å². The lowest BCUT2D eigenvalue weighted by molar-refractivity contribution is -0.139. The molecule has 2 aromatic rings. The number of hydrogen-bond acceptors (Lipinski definition) is 3. The van der Waals surface area contributed by atoms with Gasteiger partial charge in [0.15, 0.2) is 0 Å². The fourth-order valence-electron chi connectivity index (χ4n) is 3.50. The van der Waals surface area contributed by atoms with Crippen LogP contribution < -0.4 is 5.32 Å². The Labute approximate surface area is 159 Å². The number of rotatable bonds is 6. The quantitative estimate of drug-likeness (QED) is 0.820. The lowest BCUT2D eigenvalue weighted by Crippen LogP contribution is -2.40. The Morgan fingerprint density at radius 2 is 1.85 bits per heavy atom. The Morgan fingerprint density at radius 1 is 1.15 bits per heavy atom. The molecule has 3 rings (SSSR count). The minimum Gasteiger partial charge on any atom is -0.481 e. The molecule has 5 nitrogen and oxygen atoms in total. The first-order chi connectivity index (χ1) is 13.1. The highest BCUT2D eigenvalue weighted by Gasteiger charge is 2.33. The van der Waals surface area contributed by atoms with Gasteiger partial charge in [0.25, 0.3) is 0 Å². The summed E-state index contributed by atoms with van der Waals surface area (Å²) < 4.78 is 5.90. The third kappa shape index (κ3) is 4.74. The summed E-state index contributed by atoms with van der Waals surface area (Å²) in [5.74, 6) is -2.18. The van der Waals surface area contributed by atoms with Gasteiger partial charge in [0.1, 0.15) is 0 Å². The van der Waals surface area contributed by atoms with E-state index < -0.39 is 11.9 Å². The molecule has 1 amide bonds. The first-order valence-corrected chi connectivity index (χ1v) is 9.30. The molecule has 0 saturated carbocycles. The Balaban J connectivity index is 1.69. The second kappa shape index (κ2) is 8.82. The Kier molecular flexibility index (Phi) is 6.24. The summed E-state index contributed by atoms with van der Waals surface area (Å²) in [4.78, 5) is 24.5. The smallest absolute Gasteiger partial charge is 0.312 e. The molecule has 0 radical (unpaired) electrons. The lowest BCUT2D eigenvalue weighted by atomic mass is 9.88. The van der Waals surface area contributed by atoms with E-state index in [1.165, 1.54) is 0 Å². The van der Waals surface area contributed by atoms with Crippen molar-refractivity contribution in [3.63, 3.8) is 0 Å². The Morgan fingerprint density at radius 3 is 2.52 bits per heavy atom. The fourth-order valence-corrected chi connectivity index (χ4v) is 3.50. The van der Waals surface area contributed by atoms with Gasteiger partial charge in [-0.3, -0.25) is 9.59 Å². The lowest BCUT2D eigenvalue weighted by Gasteiger charge is -2.31. The standard InChI is InChI=1S/C22H25NO4/c1-15-9-11-17(12-10-15)20-18(8-5-13-27-20)21(24)23-14-19(22(25)26)16-6-3-2-4-7-16/h2-4,6-7,9-12,18-20H,5,8,13-14H2,1H3,(H,23,24)(H,25,26). The molecule has 2 aromatic carbocycles. The number of hydrogen-bond donors (Lipinski definition) is 2. The van der Waals surface area contributed by atoms with Crippen molar-refractivity contribution >= 4 is 11.9 Å². The van der Waals surface area contributed by atoms with Gasteiger partial charge in [0, 0.05) is 13.2 Å². The van der Waals surface area contributed by atoms with E-state index in [1.807, 2.05) is 37.3 Å². The van der Waals surface area contributed by atoms with Crippen LogP contribution in [0.25, 0.3) is 0 Å². The molecule has 3 unspecified atom stereocenters. The molecule has 3 atom stereocenters. The van der Waals surface area contributed by atoms with Crippen LogP contribution in [0.3, 0.4) is 0 Å². The Bertz CT molecular complexity index is 773. The van der Waals surface area contributed by atoms with Gasteiger partial charge in [-0.25, -0.2) is 0 Å². The minimum atomic E-state index is -0.948. The molecule has 0 spiro atoms. The van der Waals surface area contributed by atoms with Crippen molar-refractivity contribution in [1.82, 2.24) is 5.32 Å². The van der Waals surface area contributed by atoms with Crippen molar-refractivity contribution in [3.05, 3.63) is 71.3 Å². The maximum absolute atomic E-state index is 12.8. The summed E-state index contributed by atoms with van der Waals surface area (Å²) >= 11 is 0. The van der Waals surface area contributed by atoms with Crippen LogP contribution in [-0.4, -0.2) is 30.1 Å². The molecule has 5 heteroatoms. The number of amides is 1. The van der Waals surface area contributed by atoms with Crippen molar-refractivity contribution in [2.24, 2.45) is 5.92 Å². The number of aliphatic carboxylic acids is 1. The maximum Gasteiger partial charge on any atom is 0.312 e. The molecule has 0 aromatic heterocycles. The van der Waals surface area contributed by atoms with E-state index in [1.54, 1.807) is 24.3 Å². The van der Waals surface area contributed by atoms with Crippen LogP contribution in [0.2, 0.25) is 0 Å². The second-order valence-electron chi connectivity index (χ2n) is 7.00. The molecule has 142 valence electrons. The third-order valence-electron chi connectivity index (χ3n) is 5.05. The Hall–Kier alpha value is -2.66. The number of aryl methyl sites for hydroxylation is 1. The molecule has 1 aliphatic heterocycles. The summed E-state index contributed by atoms with van der Waals surface area (Å²) in [6, 6.07) is 17.0. The molecule has 1 saturated heterocycles. The molecule has 0 aliphatic carbocycles. The van der Waals surface area contributed by atoms with Gasteiger partial charge in [0.05, 0.1) is 17.9 Å². The van der Waals surface area contributed by atoms with Gasteiger partial charge in [-0.05, 0) is 30.9 Å². The van der Waals surface area contributed by atoms with Crippen LogP contribution >= 0.6 is 0 Å². The zero-order valence-corrected chi connectivity index (χ0v) is 15.4. The van der Waals surface area contributed by atoms with E-state index >= 15 is 0 Å². The number of ether oxygens (including phenoxy) is 1. The number of carboxylic acids is 1. The molecule has 1 aliphatic rings. The number of carboxylic acid groups (broad SMARTS) is 1.